The van der Waals surface area contributed by atoms with Crippen LogP contribution in [0.2, 0.25) is 0 Å². The number of esters is 1. The number of benzene rings is 1. The smallest absolute Gasteiger partial charge is 0.340 e. The number of ether oxygens (including phenoxy) is 1. The average Bonchev–Trinajstić information content (AvgIpc) is 3.32. The van der Waals surface area contributed by atoms with Crippen LogP contribution in [0.1, 0.15) is 46.9 Å². The van der Waals surface area contributed by atoms with Gasteiger partial charge in [0.2, 0.25) is 15.9 Å². The van der Waals surface area contributed by atoms with Gasteiger partial charge >= 0.3 is 5.97 Å². The van der Waals surface area contributed by atoms with Gasteiger partial charge < -0.3 is 9.30 Å². The molecule has 0 radical (unpaired) electrons. The molecular formula is C22H26N4O5S2. The van der Waals surface area contributed by atoms with E-state index in [1.165, 1.54) is 30.4 Å². The van der Waals surface area contributed by atoms with Crippen LogP contribution in [0.25, 0.3) is 0 Å². The Balaban J connectivity index is 1.70. The summed E-state index contributed by atoms with van der Waals surface area (Å²) >= 11 is 1.32. The van der Waals surface area contributed by atoms with Crippen LogP contribution < -0.4 is 10.0 Å². The van der Waals surface area contributed by atoms with Gasteiger partial charge in [0.1, 0.15) is 6.61 Å². The number of carbonyl (C=O) groups excluding carboxylic acids is 2. The van der Waals surface area contributed by atoms with Crippen molar-refractivity contribution in [1.82, 2.24) is 9.55 Å². The topological polar surface area (TPSA) is 125 Å². The summed E-state index contributed by atoms with van der Waals surface area (Å²) in [6.45, 7) is 8.04. The van der Waals surface area contributed by atoms with Gasteiger partial charge in [-0.25, -0.2) is 23.3 Å². The van der Waals surface area contributed by atoms with Crippen LogP contribution in [0.5, 0.6) is 0 Å². The Kier molecular flexibility index (Phi) is 7.35. The van der Waals surface area contributed by atoms with Crippen molar-refractivity contribution >= 4 is 38.4 Å². The summed E-state index contributed by atoms with van der Waals surface area (Å²) in [5, 5.41) is 7.48. The molecule has 176 valence electrons. The molecule has 0 fully saturated rings. The maximum Gasteiger partial charge on any atom is 0.340 e. The molecule has 0 aliphatic rings. The van der Waals surface area contributed by atoms with Gasteiger partial charge in [-0.05, 0) is 44.5 Å². The van der Waals surface area contributed by atoms with Gasteiger partial charge in [-0.1, -0.05) is 12.1 Å². The lowest BCUT2D eigenvalue weighted by atomic mass is 10.2. The number of carbonyl (C=O) groups is 2. The molecule has 0 aliphatic heterocycles. The normalized spacial score (nSPS) is 11.4. The molecule has 3 rings (SSSR count). The predicted molar refractivity (Wildman–Crippen MR) is 126 cm³/mol. The van der Waals surface area contributed by atoms with Crippen molar-refractivity contribution in [2.75, 3.05) is 11.4 Å². The molecule has 3 aromatic rings. The van der Waals surface area contributed by atoms with Crippen molar-refractivity contribution in [3.05, 3.63) is 63.9 Å². The lowest BCUT2D eigenvalue weighted by Crippen LogP contribution is -2.27. The molecule has 1 aromatic carbocycles. The lowest BCUT2D eigenvalue weighted by Gasteiger charge is -2.14. The highest BCUT2D eigenvalue weighted by atomic mass is 32.2. The SMILES string of the molecule is CCN(C(C)=O)c1nc(COC(=O)c2cc(C)n(Cc3ccc(S(N)(=O)=O)cc3)c2C)cs1. The zero-order valence-electron chi connectivity index (χ0n) is 18.9. The van der Waals surface area contributed by atoms with Crippen LogP contribution in [0, 0.1) is 13.8 Å². The Morgan fingerprint density at radius 3 is 2.45 bits per heavy atom. The summed E-state index contributed by atoms with van der Waals surface area (Å²) in [6.07, 6.45) is 0. The van der Waals surface area contributed by atoms with E-state index in [0.29, 0.717) is 29.5 Å². The number of aryl methyl sites for hydroxylation is 1. The first-order valence-electron chi connectivity index (χ1n) is 10.2. The Labute approximate surface area is 196 Å². The van der Waals surface area contributed by atoms with Crippen molar-refractivity contribution in [3.8, 4) is 0 Å². The minimum atomic E-state index is -3.75. The van der Waals surface area contributed by atoms with Crippen LogP contribution in [0.15, 0.2) is 40.6 Å². The molecule has 0 saturated heterocycles. The summed E-state index contributed by atoms with van der Waals surface area (Å²) in [4.78, 5) is 30.4. The number of nitrogens with two attached hydrogens (primary N) is 1. The summed E-state index contributed by atoms with van der Waals surface area (Å²) in [7, 11) is -3.75. The van der Waals surface area contributed by atoms with Crippen molar-refractivity contribution in [2.45, 2.75) is 45.7 Å². The monoisotopic (exact) mass is 490 g/mol. The van der Waals surface area contributed by atoms with Crippen molar-refractivity contribution in [3.63, 3.8) is 0 Å². The van der Waals surface area contributed by atoms with E-state index >= 15 is 0 Å². The largest absolute Gasteiger partial charge is 0.455 e. The van der Waals surface area contributed by atoms with Crippen LogP contribution >= 0.6 is 11.3 Å². The van der Waals surface area contributed by atoms with Crippen LogP contribution in [0.4, 0.5) is 5.13 Å². The highest BCUT2D eigenvalue weighted by molar-refractivity contribution is 7.89. The molecule has 0 saturated carbocycles. The van der Waals surface area contributed by atoms with E-state index in [0.717, 1.165) is 17.0 Å². The standard InChI is InChI=1S/C22H26N4O5S2/c1-5-25(16(4)27)22-24-18(13-32-22)12-31-21(28)20-10-14(2)26(15(20)3)11-17-6-8-19(9-7-17)33(23,29)30/h6-10,13H,5,11-12H2,1-4H3,(H2,23,29,30). The zero-order valence-corrected chi connectivity index (χ0v) is 20.5. The third-order valence-electron chi connectivity index (χ3n) is 5.20. The number of anilines is 1. The van der Waals surface area contributed by atoms with E-state index < -0.39 is 16.0 Å². The summed E-state index contributed by atoms with van der Waals surface area (Å²) < 4.78 is 30.3. The molecule has 0 unspecified atom stereocenters. The minimum absolute atomic E-state index is 0.00346. The molecule has 11 heteroatoms. The number of hydrogen-bond acceptors (Lipinski definition) is 7. The number of aromatic nitrogens is 2. The van der Waals surface area contributed by atoms with Gasteiger partial charge in [0, 0.05) is 36.8 Å². The first kappa shape index (κ1) is 24.6. The highest BCUT2D eigenvalue weighted by Gasteiger charge is 2.19. The average molecular weight is 491 g/mol. The van der Waals surface area contributed by atoms with E-state index in [2.05, 4.69) is 4.98 Å². The Bertz CT molecular complexity index is 1280. The Morgan fingerprint density at radius 1 is 1.21 bits per heavy atom. The van der Waals surface area contributed by atoms with Crippen LogP contribution in [0.3, 0.4) is 0 Å². The number of hydrogen-bond donors (Lipinski definition) is 1. The lowest BCUT2D eigenvalue weighted by molar-refractivity contribution is -0.116. The van der Waals surface area contributed by atoms with Gasteiger partial charge in [0.25, 0.3) is 0 Å². The van der Waals surface area contributed by atoms with Crippen molar-refractivity contribution in [2.24, 2.45) is 5.14 Å². The van der Waals surface area contributed by atoms with Gasteiger partial charge in [0.05, 0.1) is 16.2 Å². The molecule has 2 N–H and O–H groups in total. The van der Waals surface area contributed by atoms with Gasteiger partial charge in [-0.15, -0.1) is 11.3 Å². The van der Waals surface area contributed by atoms with Crippen LogP contribution in [-0.2, 0) is 32.7 Å². The number of sulfonamides is 1. The minimum Gasteiger partial charge on any atom is -0.455 e. The van der Waals surface area contributed by atoms with E-state index in [9.17, 15) is 18.0 Å². The fourth-order valence-electron chi connectivity index (χ4n) is 3.41. The third kappa shape index (κ3) is 5.67. The Morgan fingerprint density at radius 2 is 1.88 bits per heavy atom. The fourth-order valence-corrected chi connectivity index (χ4v) is 4.85. The molecule has 2 aromatic heterocycles. The van der Waals surface area contributed by atoms with Gasteiger partial charge in [-0.3, -0.25) is 9.69 Å². The summed E-state index contributed by atoms with van der Waals surface area (Å²) in [5.74, 6) is -0.561. The predicted octanol–water partition coefficient (Wildman–Crippen LogP) is 2.99. The van der Waals surface area contributed by atoms with E-state index in [4.69, 9.17) is 9.88 Å². The molecule has 33 heavy (non-hydrogen) atoms. The second-order valence-electron chi connectivity index (χ2n) is 7.52. The maximum absolute atomic E-state index is 12.7. The van der Waals surface area contributed by atoms with Crippen molar-refractivity contribution in [1.29, 1.82) is 0 Å². The quantitative estimate of drug-likeness (QED) is 0.484. The molecular weight excluding hydrogens is 464 g/mol. The second-order valence-corrected chi connectivity index (χ2v) is 9.92. The summed E-state index contributed by atoms with van der Waals surface area (Å²) in [6, 6.07) is 8.06. The van der Waals surface area contributed by atoms with E-state index in [-0.39, 0.29) is 17.4 Å². The molecule has 2 heterocycles. The zero-order chi connectivity index (χ0) is 24.3. The van der Waals surface area contributed by atoms with E-state index in [1.807, 2.05) is 25.3 Å². The molecule has 0 aliphatic carbocycles. The van der Waals surface area contributed by atoms with Gasteiger partial charge in [0.15, 0.2) is 5.13 Å². The maximum atomic E-state index is 12.7. The number of amides is 1. The molecule has 0 bridgehead atoms. The first-order chi connectivity index (χ1) is 15.5. The third-order valence-corrected chi connectivity index (χ3v) is 7.05. The van der Waals surface area contributed by atoms with Crippen LogP contribution in [-0.4, -0.2) is 36.4 Å². The fraction of sp³-hybridized carbons (Fsp3) is 0.318. The van der Waals surface area contributed by atoms with Crippen molar-refractivity contribution < 1.29 is 22.7 Å². The number of thiazole rings is 1. The number of primary sulfonamides is 1. The van der Waals surface area contributed by atoms with Gasteiger partial charge in [-0.2, -0.15) is 0 Å². The number of nitrogens with zero attached hydrogens (tertiary/aromatic N) is 3. The summed E-state index contributed by atoms with van der Waals surface area (Å²) in [5.41, 5.74) is 3.49. The molecule has 1 amide bonds. The van der Waals surface area contributed by atoms with E-state index in [1.54, 1.807) is 28.5 Å². The molecule has 0 atom stereocenters. The molecule has 9 nitrogen and oxygen atoms in total. The number of rotatable bonds is 8. The Hall–Kier alpha value is -3.02. The first-order valence-corrected chi connectivity index (χ1v) is 12.6. The molecule has 0 spiro atoms. The highest BCUT2D eigenvalue weighted by Crippen LogP contribution is 2.23. The second kappa shape index (κ2) is 9.86.